The largest absolute Gasteiger partial charge is 0.461 e. The predicted octanol–water partition coefficient (Wildman–Crippen LogP) is 4.02. The Morgan fingerprint density at radius 3 is 2.89 bits per heavy atom. The highest BCUT2D eigenvalue weighted by atomic mass is 16.3. The Hall–Kier alpha value is -1.28. The molecule has 1 saturated carbocycles. The molecule has 1 heterocycles. The number of rotatable bonds is 3. The fourth-order valence-corrected chi connectivity index (χ4v) is 3.12. The summed E-state index contributed by atoms with van der Waals surface area (Å²) in [7, 11) is 0. The molecule has 1 aliphatic carbocycles. The summed E-state index contributed by atoms with van der Waals surface area (Å²) in [5, 5.41) is 4.96. The second-order valence-corrected chi connectivity index (χ2v) is 5.53. The Morgan fingerprint density at radius 1 is 1.28 bits per heavy atom. The van der Waals surface area contributed by atoms with E-state index in [1.165, 1.54) is 30.2 Å². The molecular formula is C16H21NO. The molecule has 2 unspecified atom stereocenters. The number of nitrogens with one attached hydrogen (secondary N) is 1. The molecule has 0 spiro atoms. The molecule has 3 rings (SSSR count). The third-order valence-electron chi connectivity index (χ3n) is 4.30. The average molecular weight is 243 g/mol. The lowest BCUT2D eigenvalue weighted by Gasteiger charge is -2.17. The summed E-state index contributed by atoms with van der Waals surface area (Å²) < 4.78 is 5.80. The van der Waals surface area contributed by atoms with Gasteiger partial charge in [0.1, 0.15) is 11.3 Å². The van der Waals surface area contributed by atoms with Crippen LogP contribution < -0.4 is 5.32 Å². The van der Waals surface area contributed by atoms with Crippen LogP contribution in [0, 0.1) is 12.8 Å². The first-order chi connectivity index (χ1) is 8.75. The van der Waals surface area contributed by atoms with Gasteiger partial charge >= 0.3 is 0 Å². The van der Waals surface area contributed by atoms with Crippen LogP contribution in [0.25, 0.3) is 11.0 Å². The number of fused-ring (bicyclic) bond motifs is 1. The summed E-state index contributed by atoms with van der Waals surface area (Å²) in [5.41, 5.74) is 2.33. The Bertz CT molecular complexity index is 543. The van der Waals surface area contributed by atoms with Crippen molar-refractivity contribution in [2.24, 2.45) is 5.92 Å². The molecule has 2 nitrogen and oxygen atoms in total. The Kier molecular flexibility index (Phi) is 3.13. The standard InChI is InChI=1S/C16H21NO/c1-11-6-5-8-15(11)17-10-14-12(2)18-16-9-4-3-7-13(14)16/h3-4,7,9,11,15,17H,5-6,8,10H2,1-2H3. The average Bonchev–Trinajstić information content (AvgIpc) is 2.90. The first-order valence-electron chi connectivity index (χ1n) is 6.96. The maximum absolute atomic E-state index is 5.80. The van der Waals surface area contributed by atoms with E-state index >= 15 is 0 Å². The number of hydrogen-bond donors (Lipinski definition) is 1. The highest BCUT2D eigenvalue weighted by Gasteiger charge is 2.23. The minimum atomic E-state index is 0.679. The van der Waals surface area contributed by atoms with Crippen molar-refractivity contribution in [1.29, 1.82) is 0 Å². The zero-order chi connectivity index (χ0) is 12.5. The SMILES string of the molecule is Cc1oc2ccccc2c1CNC1CCCC1C. The Morgan fingerprint density at radius 2 is 2.11 bits per heavy atom. The highest BCUT2D eigenvalue weighted by Crippen LogP contribution is 2.28. The number of furan rings is 1. The van der Waals surface area contributed by atoms with Gasteiger partial charge in [-0.1, -0.05) is 31.5 Å². The molecule has 1 aromatic heterocycles. The first-order valence-corrected chi connectivity index (χ1v) is 6.96. The quantitative estimate of drug-likeness (QED) is 0.880. The van der Waals surface area contributed by atoms with Crippen LogP contribution in [-0.4, -0.2) is 6.04 Å². The Balaban J connectivity index is 1.80. The molecule has 96 valence electrons. The van der Waals surface area contributed by atoms with Gasteiger partial charge in [0.2, 0.25) is 0 Å². The van der Waals surface area contributed by atoms with E-state index in [2.05, 4.69) is 31.3 Å². The zero-order valence-electron chi connectivity index (χ0n) is 11.2. The molecule has 1 aliphatic rings. The fourth-order valence-electron chi connectivity index (χ4n) is 3.12. The van der Waals surface area contributed by atoms with Crippen molar-refractivity contribution in [1.82, 2.24) is 5.32 Å². The Labute approximate surface area is 108 Å². The van der Waals surface area contributed by atoms with Crippen LogP contribution in [0.1, 0.15) is 37.5 Å². The van der Waals surface area contributed by atoms with Crippen LogP contribution >= 0.6 is 0 Å². The molecule has 0 radical (unpaired) electrons. The molecule has 0 aliphatic heterocycles. The van der Waals surface area contributed by atoms with E-state index in [0.29, 0.717) is 6.04 Å². The van der Waals surface area contributed by atoms with Crippen LogP contribution in [0.2, 0.25) is 0 Å². The van der Waals surface area contributed by atoms with Crippen molar-refractivity contribution < 1.29 is 4.42 Å². The van der Waals surface area contributed by atoms with Crippen LogP contribution in [0.15, 0.2) is 28.7 Å². The summed E-state index contributed by atoms with van der Waals surface area (Å²) in [6, 6.07) is 8.99. The molecular weight excluding hydrogens is 222 g/mol. The third-order valence-corrected chi connectivity index (χ3v) is 4.30. The molecule has 1 N–H and O–H groups in total. The molecule has 1 aromatic carbocycles. The van der Waals surface area contributed by atoms with E-state index < -0.39 is 0 Å². The van der Waals surface area contributed by atoms with Gasteiger partial charge in [-0.3, -0.25) is 0 Å². The fraction of sp³-hybridized carbons (Fsp3) is 0.500. The summed E-state index contributed by atoms with van der Waals surface area (Å²) in [5.74, 6) is 1.86. The van der Waals surface area contributed by atoms with E-state index in [9.17, 15) is 0 Å². The minimum absolute atomic E-state index is 0.679. The molecule has 18 heavy (non-hydrogen) atoms. The first kappa shape index (κ1) is 11.8. The summed E-state index contributed by atoms with van der Waals surface area (Å²) in [4.78, 5) is 0. The summed E-state index contributed by atoms with van der Waals surface area (Å²) in [6.07, 6.45) is 4.04. The van der Waals surface area contributed by atoms with Crippen LogP contribution in [-0.2, 0) is 6.54 Å². The van der Waals surface area contributed by atoms with Crippen molar-refractivity contribution in [3.8, 4) is 0 Å². The third kappa shape index (κ3) is 2.05. The van der Waals surface area contributed by atoms with Crippen molar-refractivity contribution in [2.75, 3.05) is 0 Å². The van der Waals surface area contributed by atoms with Crippen molar-refractivity contribution in [3.63, 3.8) is 0 Å². The second kappa shape index (κ2) is 4.77. The van der Waals surface area contributed by atoms with Crippen molar-refractivity contribution >= 4 is 11.0 Å². The number of aryl methyl sites for hydroxylation is 1. The van der Waals surface area contributed by atoms with E-state index in [1.807, 2.05) is 12.1 Å². The van der Waals surface area contributed by atoms with Gasteiger partial charge in [-0.2, -0.15) is 0 Å². The van der Waals surface area contributed by atoms with E-state index in [4.69, 9.17) is 4.42 Å². The van der Waals surface area contributed by atoms with Crippen LogP contribution in [0.4, 0.5) is 0 Å². The predicted molar refractivity (Wildman–Crippen MR) is 74.6 cm³/mol. The van der Waals surface area contributed by atoms with E-state index in [1.54, 1.807) is 0 Å². The monoisotopic (exact) mass is 243 g/mol. The minimum Gasteiger partial charge on any atom is -0.461 e. The molecule has 0 saturated heterocycles. The molecule has 1 fully saturated rings. The summed E-state index contributed by atoms with van der Waals surface area (Å²) >= 11 is 0. The van der Waals surface area contributed by atoms with Gasteiger partial charge in [-0.05, 0) is 31.7 Å². The highest BCUT2D eigenvalue weighted by molar-refractivity contribution is 5.82. The number of para-hydroxylation sites is 1. The molecule has 0 bridgehead atoms. The smallest absolute Gasteiger partial charge is 0.134 e. The lowest BCUT2D eigenvalue weighted by molar-refractivity contribution is 0.424. The molecule has 0 amide bonds. The molecule has 2 heteroatoms. The van der Waals surface area contributed by atoms with E-state index in [0.717, 1.165) is 23.8 Å². The van der Waals surface area contributed by atoms with Crippen molar-refractivity contribution in [3.05, 3.63) is 35.6 Å². The zero-order valence-corrected chi connectivity index (χ0v) is 11.2. The second-order valence-electron chi connectivity index (χ2n) is 5.53. The van der Waals surface area contributed by atoms with E-state index in [-0.39, 0.29) is 0 Å². The maximum atomic E-state index is 5.80. The molecule has 2 atom stereocenters. The lowest BCUT2D eigenvalue weighted by atomic mass is 10.1. The van der Waals surface area contributed by atoms with Gasteiger partial charge in [0, 0.05) is 23.5 Å². The van der Waals surface area contributed by atoms with Gasteiger partial charge < -0.3 is 9.73 Å². The van der Waals surface area contributed by atoms with Gasteiger partial charge in [0.25, 0.3) is 0 Å². The van der Waals surface area contributed by atoms with Gasteiger partial charge in [-0.15, -0.1) is 0 Å². The number of benzene rings is 1. The number of hydrogen-bond acceptors (Lipinski definition) is 2. The maximum Gasteiger partial charge on any atom is 0.134 e. The van der Waals surface area contributed by atoms with Crippen molar-refractivity contribution in [2.45, 2.75) is 45.7 Å². The van der Waals surface area contributed by atoms with Gasteiger partial charge in [0.05, 0.1) is 0 Å². The van der Waals surface area contributed by atoms with Crippen LogP contribution in [0.3, 0.4) is 0 Å². The van der Waals surface area contributed by atoms with Gasteiger partial charge in [0.15, 0.2) is 0 Å². The van der Waals surface area contributed by atoms with Gasteiger partial charge in [-0.25, -0.2) is 0 Å². The lowest BCUT2D eigenvalue weighted by Crippen LogP contribution is -2.30. The molecule has 2 aromatic rings. The normalized spacial score (nSPS) is 23.9. The topological polar surface area (TPSA) is 25.2 Å². The summed E-state index contributed by atoms with van der Waals surface area (Å²) in [6.45, 7) is 5.35. The van der Waals surface area contributed by atoms with Crippen LogP contribution in [0.5, 0.6) is 0 Å².